The second kappa shape index (κ2) is 12.2. The summed E-state index contributed by atoms with van der Waals surface area (Å²) in [4.78, 5) is 40.8. The molecular weight excluding hydrogens is 454 g/mol. The molecule has 0 aliphatic carbocycles. The summed E-state index contributed by atoms with van der Waals surface area (Å²) in [6.45, 7) is 11.7. The van der Waals surface area contributed by atoms with Crippen LogP contribution < -0.4 is 10.1 Å². The third kappa shape index (κ3) is 9.03. The van der Waals surface area contributed by atoms with Gasteiger partial charge in [-0.1, -0.05) is 32.0 Å². The number of benzene rings is 1. The molecule has 1 aromatic rings. The molecule has 1 saturated heterocycles. The van der Waals surface area contributed by atoms with E-state index >= 15 is 0 Å². The number of carboxylic acids is 1. The summed E-state index contributed by atoms with van der Waals surface area (Å²) in [6, 6.07) is 7.15. The zero-order chi connectivity index (χ0) is 26.2. The van der Waals surface area contributed by atoms with Gasteiger partial charge >= 0.3 is 18.2 Å². The van der Waals surface area contributed by atoms with Gasteiger partial charge in [-0.3, -0.25) is 4.90 Å². The number of methoxy groups -OCH3 is 1. The highest BCUT2D eigenvalue weighted by Gasteiger charge is 2.39. The number of ether oxygens (including phenoxy) is 3. The minimum absolute atomic E-state index is 0.180. The van der Waals surface area contributed by atoms with Crippen LogP contribution in [0.3, 0.4) is 0 Å². The smallest absolute Gasteiger partial charge is 0.413 e. The van der Waals surface area contributed by atoms with Gasteiger partial charge in [0.25, 0.3) is 0 Å². The summed E-state index contributed by atoms with van der Waals surface area (Å²) in [6.07, 6.45) is -0.684. The molecule has 1 heterocycles. The summed E-state index contributed by atoms with van der Waals surface area (Å²) in [5, 5.41) is 12.3. The van der Waals surface area contributed by atoms with Crippen molar-refractivity contribution in [2.24, 2.45) is 5.41 Å². The number of nitrogens with zero attached hydrogens (tertiary/aromatic N) is 2. The van der Waals surface area contributed by atoms with Crippen LogP contribution in [0.5, 0.6) is 5.75 Å². The molecule has 1 aromatic carbocycles. The fourth-order valence-corrected chi connectivity index (χ4v) is 3.94. The lowest BCUT2D eigenvalue weighted by Gasteiger charge is -2.42. The maximum Gasteiger partial charge on any atom is 0.413 e. The number of rotatable bonds is 9. The largest absolute Gasteiger partial charge is 0.480 e. The standard InChI is InChI=1S/C25H39N3O7/c1-24(2,3)35-23(32)28-15-14-27(16-18(28)17-33-6)13-12-25(4,5)20(21(29)30)26-22(31)34-19-10-8-7-9-11-19/h7-11,18,20H,12-17H2,1-6H3,(H,26,31)(H,29,30)/t18-,20-/m1/s1. The lowest BCUT2D eigenvalue weighted by atomic mass is 9.81. The van der Waals surface area contributed by atoms with Crippen LogP contribution in [-0.4, -0.2) is 90.6 Å². The van der Waals surface area contributed by atoms with Crippen LogP contribution in [0.15, 0.2) is 30.3 Å². The van der Waals surface area contributed by atoms with Crippen LogP contribution in [0.25, 0.3) is 0 Å². The van der Waals surface area contributed by atoms with E-state index in [0.29, 0.717) is 45.0 Å². The number of para-hydroxylation sites is 1. The number of carbonyl (C=O) groups excluding carboxylic acids is 2. The Bertz CT molecular complexity index is 854. The number of hydrogen-bond donors (Lipinski definition) is 2. The molecule has 0 spiro atoms. The highest BCUT2D eigenvalue weighted by atomic mass is 16.6. The molecule has 0 unspecified atom stereocenters. The molecule has 10 heteroatoms. The Morgan fingerprint density at radius 2 is 1.77 bits per heavy atom. The molecule has 0 aromatic heterocycles. The summed E-state index contributed by atoms with van der Waals surface area (Å²) in [5.41, 5.74) is -1.35. The maximum absolute atomic E-state index is 12.6. The molecule has 0 radical (unpaired) electrons. The van der Waals surface area contributed by atoms with Crippen molar-refractivity contribution in [3.8, 4) is 5.75 Å². The Morgan fingerprint density at radius 3 is 2.34 bits per heavy atom. The van der Waals surface area contributed by atoms with E-state index in [1.165, 1.54) is 0 Å². The number of amides is 2. The van der Waals surface area contributed by atoms with E-state index in [1.807, 2.05) is 20.8 Å². The Kier molecular flexibility index (Phi) is 9.91. The lowest BCUT2D eigenvalue weighted by molar-refractivity contribution is -0.142. The van der Waals surface area contributed by atoms with Gasteiger partial charge in [-0.2, -0.15) is 0 Å². The van der Waals surface area contributed by atoms with Crippen molar-refractivity contribution in [3.63, 3.8) is 0 Å². The highest BCUT2D eigenvalue weighted by molar-refractivity contribution is 5.81. The van der Waals surface area contributed by atoms with Crippen LogP contribution in [0.4, 0.5) is 9.59 Å². The molecule has 196 valence electrons. The molecule has 1 fully saturated rings. The number of nitrogens with one attached hydrogen (secondary N) is 1. The highest BCUT2D eigenvalue weighted by Crippen LogP contribution is 2.27. The molecule has 0 saturated carbocycles. The summed E-state index contributed by atoms with van der Waals surface area (Å²) >= 11 is 0. The van der Waals surface area contributed by atoms with E-state index < -0.39 is 29.1 Å². The van der Waals surface area contributed by atoms with Crippen LogP contribution in [0.1, 0.15) is 41.0 Å². The fraction of sp³-hybridized carbons (Fsp3) is 0.640. The third-order valence-electron chi connectivity index (χ3n) is 5.87. The minimum Gasteiger partial charge on any atom is -0.480 e. The van der Waals surface area contributed by atoms with E-state index in [-0.39, 0.29) is 12.1 Å². The molecule has 10 nitrogen and oxygen atoms in total. The molecule has 2 amide bonds. The van der Waals surface area contributed by atoms with Crippen LogP contribution in [-0.2, 0) is 14.3 Å². The van der Waals surface area contributed by atoms with Crippen molar-refractivity contribution >= 4 is 18.2 Å². The monoisotopic (exact) mass is 493 g/mol. The molecule has 2 N–H and O–H groups in total. The molecule has 2 atom stereocenters. The predicted octanol–water partition coefficient (Wildman–Crippen LogP) is 3.21. The Morgan fingerprint density at radius 1 is 1.11 bits per heavy atom. The molecule has 1 aliphatic heterocycles. The van der Waals surface area contributed by atoms with E-state index in [2.05, 4.69) is 10.2 Å². The van der Waals surface area contributed by atoms with Crippen molar-refractivity contribution in [1.29, 1.82) is 0 Å². The number of piperazine rings is 1. The first-order valence-electron chi connectivity index (χ1n) is 11.8. The van der Waals surface area contributed by atoms with Gasteiger partial charge in [-0.15, -0.1) is 0 Å². The fourth-order valence-electron chi connectivity index (χ4n) is 3.94. The minimum atomic E-state index is -1.14. The van der Waals surface area contributed by atoms with E-state index in [4.69, 9.17) is 14.2 Å². The second-order valence-corrected chi connectivity index (χ2v) is 10.4. The van der Waals surface area contributed by atoms with Gasteiger partial charge in [-0.25, -0.2) is 14.4 Å². The Hall–Kier alpha value is -2.85. The number of aliphatic carboxylic acids is 1. The molecule has 2 rings (SSSR count). The molecule has 1 aliphatic rings. The van der Waals surface area contributed by atoms with Gasteiger partial charge in [0.2, 0.25) is 0 Å². The third-order valence-corrected chi connectivity index (χ3v) is 5.87. The number of carboxylic acid groups (broad SMARTS) is 1. The van der Waals surface area contributed by atoms with Gasteiger partial charge < -0.3 is 29.5 Å². The van der Waals surface area contributed by atoms with Gasteiger partial charge in [0, 0.05) is 26.7 Å². The zero-order valence-electron chi connectivity index (χ0n) is 21.6. The average Bonchev–Trinajstić information content (AvgIpc) is 2.75. The van der Waals surface area contributed by atoms with Crippen molar-refractivity contribution in [3.05, 3.63) is 30.3 Å². The van der Waals surface area contributed by atoms with Gasteiger partial charge in [0.1, 0.15) is 17.4 Å². The van der Waals surface area contributed by atoms with Crippen molar-refractivity contribution < 1.29 is 33.7 Å². The van der Waals surface area contributed by atoms with Gasteiger partial charge in [0.15, 0.2) is 0 Å². The Balaban J connectivity index is 1.97. The summed E-state index contributed by atoms with van der Waals surface area (Å²) < 4.78 is 16.1. The first kappa shape index (κ1) is 28.4. The van der Waals surface area contributed by atoms with Crippen molar-refractivity contribution in [1.82, 2.24) is 15.1 Å². The molecular formula is C25H39N3O7. The first-order chi connectivity index (χ1) is 16.3. The first-order valence-corrected chi connectivity index (χ1v) is 11.8. The molecule has 35 heavy (non-hydrogen) atoms. The second-order valence-electron chi connectivity index (χ2n) is 10.4. The zero-order valence-corrected chi connectivity index (χ0v) is 21.6. The van der Waals surface area contributed by atoms with Crippen molar-refractivity contribution in [2.45, 2.75) is 58.7 Å². The van der Waals surface area contributed by atoms with Crippen LogP contribution in [0, 0.1) is 5.41 Å². The maximum atomic E-state index is 12.6. The number of hydrogen-bond acceptors (Lipinski definition) is 7. The SMILES string of the molecule is COC[C@H]1CN(CCC(C)(C)[C@H](NC(=O)Oc2ccccc2)C(=O)O)CCN1C(=O)OC(C)(C)C. The summed E-state index contributed by atoms with van der Waals surface area (Å²) in [7, 11) is 1.59. The quantitative estimate of drug-likeness (QED) is 0.539. The van der Waals surface area contributed by atoms with Crippen molar-refractivity contribution in [2.75, 3.05) is 39.9 Å². The topological polar surface area (TPSA) is 118 Å². The lowest BCUT2D eigenvalue weighted by Crippen LogP contribution is -2.58. The van der Waals surface area contributed by atoms with E-state index in [1.54, 1.807) is 56.2 Å². The van der Waals surface area contributed by atoms with Gasteiger partial charge in [-0.05, 0) is 51.3 Å². The average molecular weight is 494 g/mol. The van der Waals surface area contributed by atoms with Crippen LogP contribution >= 0.6 is 0 Å². The predicted molar refractivity (Wildman–Crippen MR) is 130 cm³/mol. The van der Waals surface area contributed by atoms with E-state index in [9.17, 15) is 19.5 Å². The summed E-state index contributed by atoms with van der Waals surface area (Å²) in [5.74, 6) is -0.800. The normalized spacial score (nSPS) is 18.0. The Labute approximate surface area is 207 Å². The molecule has 0 bridgehead atoms. The number of carbonyl (C=O) groups is 3. The van der Waals surface area contributed by atoms with Crippen LogP contribution in [0.2, 0.25) is 0 Å². The van der Waals surface area contributed by atoms with E-state index in [0.717, 1.165) is 0 Å². The van der Waals surface area contributed by atoms with Gasteiger partial charge in [0.05, 0.1) is 12.6 Å².